The standard InChI is InChI=1S/C14H15F3N2/c1-13(2)11(9-18)7-8-19(13)12-5-3-10(4-6-12)14(15,16)17/h3-6,11H,7-8H2,1-2H3. The lowest BCUT2D eigenvalue weighted by atomic mass is 9.89. The monoisotopic (exact) mass is 268 g/mol. The second-order valence-electron chi connectivity index (χ2n) is 5.32. The molecule has 1 atom stereocenters. The van der Waals surface area contributed by atoms with Gasteiger partial charge in [-0.2, -0.15) is 18.4 Å². The summed E-state index contributed by atoms with van der Waals surface area (Å²) in [5.41, 5.74) is -0.269. The topological polar surface area (TPSA) is 27.0 Å². The summed E-state index contributed by atoms with van der Waals surface area (Å²) < 4.78 is 37.5. The molecule has 1 saturated heterocycles. The van der Waals surface area contributed by atoms with Gasteiger partial charge in [-0.3, -0.25) is 0 Å². The van der Waals surface area contributed by atoms with Gasteiger partial charge in [0.05, 0.1) is 23.1 Å². The van der Waals surface area contributed by atoms with Crippen molar-refractivity contribution in [3.63, 3.8) is 0 Å². The quantitative estimate of drug-likeness (QED) is 0.774. The number of nitrogens with zero attached hydrogens (tertiary/aromatic N) is 2. The molecule has 0 aromatic heterocycles. The van der Waals surface area contributed by atoms with Gasteiger partial charge in [0.15, 0.2) is 0 Å². The molecule has 0 spiro atoms. The molecule has 19 heavy (non-hydrogen) atoms. The van der Waals surface area contributed by atoms with Crippen LogP contribution in [0.1, 0.15) is 25.8 Å². The Hall–Kier alpha value is -1.70. The number of alkyl halides is 3. The SMILES string of the molecule is CC1(C)C(C#N)CCN1c1ccc(C(F)(F)F)cc1. The number of hydrogen-bond acceptors (Lipinski definition) is 2. The number of rotatable bonds is 1. The van der Waals surface area contributed by atoms with Gasteiger partial charge < -0.3 is 4.90 Å². The van der Waals surface area contributed by atoms with E-state index in [1.807, 2.05) is 18.7 Å². The number of anilines is 1. The third kappa shape index (κ3) is 2.40. The van der Waals surface area contributed by atoms with Crippen molar-refractivity contribution in [3.8, 4) is 6.07 Å². The zero-order valence-corrected chi connectivity index (χ0v) is 10.8. The maximum atomic E-state index is 12.5. The van der Waals surface area contributed by atoms with E-state index in [0.29, 0.717) is 6.54 Å². The van der Waals surface area contributed by atoms with Crippen LogP contribution >= 0.6 is 0 Å². The van der Waals surface area contributed by atoms with E-state index in [0.717, 1.165) is 24.2 Å². The van der Waals surface area contributed by atoms with Gasteiger partial charge in [0.2, 0.25) is 0 Å². The fourth-order valence-electron chi connectivity index (χ4n) is 2.60. The van der Waals surface area contributed by atoms with Crippen LogP contribution in [0.2, 0.25) is 0 Å². The summed E-state index contributed by atoms with van der Waals surface area (Å²) in [4.78, 5) is 2.00. The van der Waals surface area contributed by atoms with Crippen LogP contribution in [0.3, 0.4) is 0 Å². The lowest BCUT2D eigenvalue weighted by Crippen LogP contribution is -2.42. The van der Waals surface area contributed by atoms with Gasteiger partial charge in [-0.05, 0) is 44.5 Å². The van der Waals surface area contributed by atoms with Crippen LogP contribution in [-0.2, 0) is 6.18 Å². The molecule has 0 bridgehead atoms. The zero-order chi connectivity index (χ0) is 14.3. The molecule has 1 aliphatic heterocycles. The summed E-state index contributed by atoms with van der Waals surface area (Å²) in [5, 5.41) is 9.09. The Balaban J connectivity index is 2.27. The molecular formula is C14H15F3N2. The Morgan fingerprint density at radius 2 is 1.84 bits per heavy atom. The second kappa shape index (κ2) is 4.44. The van der Waals surface area contributed by atoms with Crippen LogP contribution in [0.25, 0.3) is 0 Å². The number of nitriles is 1. The van der Waals surface area contributed by atoms with Crippen molar-refractivity contribution in [2.75, 3.05) is 11.4 Å². The van der Waals surface area contributed by atoms with Gasteiger partial charge in [0, 0.05) is 12.2 Å². The van der Waals surface area contributed by atoms with Crippen LogP contribution in [0.4, 0.5) is 18.9 Å². The number of benzene rings is 1. The molecule has 0 aliphatic carbocycles. The highest BCUT2D eigenvalue weighted by Gasteiger charge is 2.41. The Bertz CT molecular complexity index is 497. The third-order valence-electron chi connectivity index (χ3n) is 3.85. The van der Waals surface area contributed by atoms with E-state index in [1.54, 1.807) is 0 Å². The van der Waals surface area contributed by atoms with Crippen molar-refractivity contribution < 1.29 is 13.2 Å². The van der Waals surface area contributed by atoms with E-state index >= 15 is 0 Å². The maximum Gasteiger partial charge on any atom is 0.416 e. The largest absolute Gasteiger partial charge is 0.416 e. The molecule has 0 radical (unpaired) electrons. The first kappa shape index (κ1) is 13.7. The normalized spacial score (nSPS) is 22.3. The molecule has 1 aliphatic rings. The van der Waals surface area contributed by atoms with Crippen molar-refractivity contribution in [2.45, 2.75) is 32.0 Å². The third-order valence-corrected chi connectivity index (χ3v) is 3.85. The summed E-state index contributed by atoms with van der Waals surface area (Å²) in [7, 11) is 0. The van der Waals surface area contributed by atoms with Crippen molar-refractivity contribution in [2.24, 2.45) is 5.92 Å². The molecule has 1 unspecified atom stereocenters. The Morgan fingerprint density at radius 1 is 1.26 bits per heavy atom. The number of hydrogen-bond donors (Lipinski definition) is 0. The van der Waals surface area contributed by atoms with Crippen molar-refractivity contribution in [1.82, 2.24) is 0 Å². The summed E-state index contributed by atoms with van der Waals surface area (Å²) in [5.74, 6) is -0.102. The van der Waals surface area contributed by atoms with Crippen LogP contribution in [0.5, 0.6) is 0 Å². The number of halogens is 3. The Labute approximate surface area is 110 Å². The molecule has 5 heteroatoms. The highest BCUT2D eigenvalue weighted by Crippen LogP contribution is 2.39. The summed E-state index contributed by atoms with van der Waals surface area (Å²) in [6.45, 7) is 4.59. The van der Waals surface area contributed by atoms with E-state index in [4.69, 9.17) is 5.26 Å². The predicted octanol–water partition coefficient (Wildman–Crippen LogP) is 3.83. The van der Waals surface area contributed by atoms with E-state index in [9.17, 15) is 13.2 Å². The van der Waals surface area contributed by atoms with Gasteiger partial charge in [-0.15, -0.1) is 0 Å². The van der Waals surface area contributed by atoms with Crippen molar-refractivity contribution >= 4 is 5.69 Å². The molecule has 1 heterocycles. The summed E-state index contributed by atoms with van der Waals surface area (Å²) >= 11 is 0. The first-order valence-corrected chi connectivity index (χ1v) is 6.11. The maximum absolute atomic E-state index is 12.5. The van der Waals surface area contributed by atoms with E-state index in [1.165, 1.54) is 12.1 Å². The lowest BCUT2D eigenvalue weighted by molar-refractivity contribution is -0.137. The van der Waals surface area contributed by atoms with Gasteiger partial charge in [0.25, 0.3) is 0 Å². The molecule has 1 fully saturated rings. The van der Waals surface area contributed by atoms with Gasteiger partial charge in [-0.25, -0.2) is 0 Å². The minimum Gasteiger partial charge on any atom is -0.365 e. The summed E-state index contributed by atoms with van der Waals surface area (Å²) in [6.07, 6.45) is -3.57. The highest BCUT2D eigenvalue weighted by molar-refractivity contribution is 5.52. The van der Waals surface area contributed by atoms with E-state index in [-0.39, 0.29) is 11.5 Å². The fourth-order valence-corrected chi connectivity index (χ4v) is 2.60. The molecule has 1 aromatic rings. The first-order valence-electron chi connectivity index (χ1n) is 6.11. The van der Waals surface area contributed by atoms with Gasteiger partial charge in [-0.1, -0.05) is 0 Å². The lowest BCUT2D eigenvalue weighted by Gasteiger charge is -2.35. The average molecular weight is 268 g/mol. The molecular weight excluding hydrogens is 253 g/mol. The fraction of sp³-hybridized carbons (Fsp3) is 0.500. The smallest absolute Gasteiger partial charge is 0.365 e. The van der Waals surface area contributed by atoms with Crippen LogP contribution in [-0.4, -0.2) is 12.1 Å². The molecule has 0 N–H and O–H groups in total. The molecule has 1 aromatic carbocycles. The molecule has 102 valence electrons. The molecule has 0 saturated carbocycles. The minimum atomic E-state index is -4.31. The second-order valence-corrected chi connectivity index (χ2v) is 5.32. The van der Waals surface area contributed by atoms with E-state index in [2.05, 4.69) is 6.07 Å². The van der Waals surface area contributed by atoms with Crippen LogP contribution in [0.15, 0.2) is 24.3 Å². The predicted molar refractivity (Wildman–Crippen MR) is 66.6 cm³/mol. The molecule has 2 nitrogen and oxygen atoms in total. The van der Waals surface area contributed by atoms with Crippen molar-refractivity contribution in [3.05, 3.63) is 29.8 Å². The summed E-state index contributed by atoms with van der Waals surface area (Å²) in [6, 6.07) is 7.40. The average Bonchev–Trinajstić information content (AvgIpc) is 2.63. The molecule has 0 amide bonds. The van der Waals surface area contributed by atoms with E-state index < -0.39 is 11.7 Å². The molecule has 2 rings (SSSR count). The van der Waals surface area contributed by atoms with Crippen molar-refractivity contribution in [1.29, 1.82) is 5.26 Å². The first-order chi connectivity index (χ1) is 8.76. The van der Waals surface area contributed by atoms with Crippen LogP contribution < -0.4 is 4.90 Å². The minimum absolute atomic E-state index is 0.102. The Morgan fingerprint density at radius 3 is 2.26 bits per heavy atom. The highest BCUT2D eigenvalue weighted by atomic mass is 19.4. The van der Waals surface area contributed by atoms with Gasteiger partial charge >= 0.3 is 6.18 Å². The van der Waals surface area contributed by atoms with Crippen LogP contribution in [0, 0.1) is 17.2 Å². The Kier molecular flexibility index (Phi) is 3.21. The zero-order valence-electron chi connectivity index (χ0n) is 10.8. The van der Waals surface area contributed by atoms with Gasteiger partial charge in [0.1, 0.15) is 0 Å².